The lowest BCUT2D eigenvalue weighted by molar-refractivity contribution is 0.0746. The molecule has 1 fully saturated rings. The van der Waals surface area contributed by atoms with Crippen LogP contribution in [0.3, 0.4) is 0 Å². The average molecular weight is 612 g/mol. The topological polar surface area (TPSA) is 107 Å². The van der Waals surface area contributed by atoms with Crippen molar-refractivity contribution in [1.29, 1.82) is 0 Å². The Hall–Kier alpha value is -4.16. The predicted molar refractivity (Wildman–Crippen MR) is 162 cm³/mol. The van der Waals surface area contributed by atoms with Gasteiger partial charge in [-0.25, -0.2) is 8.42 Å². The first-order valence-corrected chi connectivity index (χ1v) is 15.4. The van der Waals surface area contributed by atoms with Gasteiger partial charge in [-0.05, 0) is 60.0 Å². The molecule has 0 spiro atoms. The van der Waals surface area contributed by atoms with Gasteiger partial charge in [-0.2, -0.15) is 4.31 Å². The van der Waals surface area contributed by atoms with E-state index in [0.717, 1.165) is 11.1 Å². The highest BCUT2D eigenvalue weighted by molar-refractivity contribution is 7.89. The zero-order valence-electron chi connectivity index (χ0n) is 25.1. The molecule has 12 heteroatoms. The summed E-state index contributed by atoms with van der Waals surface area (Å²) in [7, 11) is 3.99. The molecule has 2 aliphatic heterocycles. The lowest BCUT2D eigenvalue weighted by Crippen LogP contribution is -2.49. The van der Waals surface area contributed by atoms with Crippen molar-refractivity contribution in [3.05, 3.63) is 65.2 Å². The fourth-order valence-corrected chi connectivity index (χ4v) is 6.99. The van der Waals surface area contributed by atoms with Crippen LogP contribution in [0.5, 0.6) is 28.7 Å². The molecule has 230 valence electrons. The summed E-state index contributed by atoms with van der Waals surface area (Å²) in [6, 6.07) is 13.8. The maximum absolute atomic E-state index is 13.8. The minimum absolute atomic E-state index is 0.125. The molecule has 11 nitrogen and oxygen atoms in total. The molecule has 5 rings (SSSR count). The number of amides is 1. The number of methoxy groups -OCH3 is 5. The number of anilines is 1. The summed E-state index contributed by atoms with van der Waals surface area (Å²) >= 11 is 0. The molecule has 43 heavy (non-hydrogen) atoms. The van der Waals surface area contributed by atoms with E-state index >= 15 is 0 Å². The van der Waals surface area contributed by atoms with E-state index in [0.29, 0.717) is 79.1 Å². The average Bonchev–Trinajstić information content (AvgIpc) is 3.06. The van der Waals surface area contributed by atoms with E-state index < -0.39 is 10.0 Å². The number of hydrogen-bond acceptors (Lipinski definition) is 9. The quantitative estimate of drug-likeness (QED) is 0.360. The van der Waals surface area contributed by atoms with Gasteiger partial charge in [0.2, 0.25) is 10.0 Å². The third-order valence-corrected chi connectivity index (χ3v) is 9.82. The highest BCUT2D eigenvalue weighted by Gasteiger charge is 2.31. The minimum Gasteiger partial charge on any atom is -0.497 e. The molecule has 1 amide bonds. The SMILES string of the molecule is COc1cc(OC)cc(C(=O)N2CCN(c3cc(S(=O)(=O)N4CCc5cc(OC)c(OC)cc5C4)ccc3OC)CC2)c1. The van der Waals surface area contributed by atoms with E-state index in [4.69, 9.17) is 23.7 Å². The smallest absolute Gasteiger partial charge is 0.254 e. The van der Waals surface area contributed by atoms with Crippen LogP contribution in [-0.4, -0.2) is 91.8 Å². The van der Waals surface area contributed by atoms with Crippen molar-refractivity contribution >= 4 is 21.6 Å². The number of fused-ring (bicyclic) bond motifs is 1. The number of piperazine rings is 1. The van der Waals surface area contributed by atoms with Crippen LogP contribution in [0, 0.1) is 0 Å². The zero-order valence-corrected chi connectivity index (χ0v) is 25.9. The number of sulfonamides is 1. The summed E-state index contributed by atoms with van der Waals surface area (Å²) in [4.78, 5) is 17.3. The molecule has 0 saturated carbocycles. The van der Waals surface area contributed by atoms with E-state index in [2.05, 4.69) is 4.90 Å². The summed E-state index contributed by atoms with van der Waals surface area (Å²) in [5.74, 6) is 2.72. The Bertz CT molecular complexity index is 1580. The lowest BCUT2D eigenvalue weighted by Gasteiger charge is -2.37. The van der Waals surface area contributed by atoms with Crippen molar-refractivity contribution in [3.63, 3.8) is 0 Å². The Morgan fingerprint density at radius 2 is 1.28 bits per heavy atom. The van der Waals surface area contributed by atoms with Crippen molar-refractivity contribution < 1.29 is 36.9 Å². The Balaban J connectivity index is 1.34. The molecule has 0 aliphatic carbocycles. The van der Waals surface area contributed by atoms with Gasteiger partial charge >= 0.3 is 0 Å². The molecule has 0 unspecified atom stereocenters. The van der Waals surface area contributed by atoms with Gasteiger partial charge in [0, 0.05) is 50.9 Å². The number of carbonyl (C=O) groups is 1. The number of benzene rings is 3. The molecule has 0 bridgehead atoms. The van der Waals surface area contributed by atoms with E-state index in [1.54, 1.807) is 76.8 Å². The van der Waals surface area contributed by atoms with Crippen LogP contribution in [0.1, 0.15) is 21.5 Å². The molecule has 0 atom stereocenters. The molecule has 2 aliphatic rings. The molecule has 0 aromatic heterocycles. The van der Waals surface area contributed by atoms with Gasteiger partial charge in [0.1, 0.15) is 17.2 Å². The van der Waals surface area contributed by atoms with Crippen LogP contribution in [0.25, 0.3) is 0 Å². The standard InChI is InChI=1S/C31H37N3O8S/c1-38-24-14-22(15-25(18-24)39-2)31(35)33-12-10-32(11-13-33)27-19-26(6-7-28(27)40-3)43(36,37)34-9-8-21-16-29(41-4)30(42-5)17-23(21)20-34/h6-7,14-19H,8-13,20H2,1-5H3. The van der Waals surface area contributed by atoms with Crippen molar-refractivity contribution in [2.75, 3.05) is 73.2 Å². The molecular formula is C31H37N3O8S. The van der Waals surface area contributed by atoms with Crippen molar-refractivity contribution in [2.24, 2.45) is 0 Å². The van der Waals surface area contributed by atoms with E-state index in [9.17, 15) is 13.2 Å². The van der Waals surface area contributed by atoms with E-state index in [1.807, 2.05) is 12.1 Å². The fraction of sp³-hybridized carbons (Fsp3) is 0.387. The van der Waals surface area contributed by atoms with Gasteiger partial charge in [-0.15, -0.1) is 0 Å². The maximum atomic E-state index is 13.8. The van der Waals surface area contributed by atoms with Gasteiger partial charge in [-0.3, -0.25) is 4.79 Å². The highest BCUT2D eigenvalue weighted by Crippen LogP contribution is 2.37. The van der Waals surface area contributed by atoms with Gasteiger partial charge in [-0.1, -0.05) is 0 Å². The van der Waals surface area contributed by atoms with Gasteiger partial charge < -0.3 is 33.5 Å². The van der Waals surface area contributed by atoms with Crippen molar-refractivity contribution in [1.82, 2.24) is 9.21 Å². The van der Waals surface area contributed by atoms with Crippen LogP contribution in [0.4, 0.5) is 5.69 Å². The van der Waals surface area contributed by atoms with E-state index in [-0.39, 0.29) is 17.3 Å². The van der Waals surface area contributed by atoms with Crippen molar-refractivity contribution in [3.8, 4) is 28.7 Å². The van der Waals surface area contributed by atoms with E-state index in [1.165, 1.54) is 4.31 Å². The van der Waals surface area contributed by atoms with Gasteiger partial charge in [0.25, 0.3) is 5.91 Å². The molecule has 2 heterocycles. The summed E-state index contributed by atoms with van der Waals surface area (Å²) < 4.78 is 56.3. The Morgan fingerprint density at radius 1 is 0.674 bits per heavy atom. The predicted octanol–water partition coefficient (Wildman–Crippen LogP) is 3.44. The largest absolute Gasteiger partial charge is 0.497 e. The van der Waals surface area contributed by atoms with Gasteiger partial charge in [0.05, 0.1) is 46.1 Å². The Kier molecular flexibility index (Phi) is 8.88. The van der Waals surface area contributed by atoms with Crippen LogP contribution < -0.4 is 28.6 Å². The Labute approximate surface area is 252 Å². The molecule has 3 aromatic rings. The second-order valence-electron chi connectivity index (χ2n) is 10.3. The number of carbonyl (C=O) groups excluding carboxylic acids is 1. The maximum Gasteiger partial charge on any atom is 0.254 e. The lowest BCUT2D eigenvalue weighted by atomic mass is 10.0. The van der Waals surface area contributed by atoms with Crippen molar-refractivity contribution in [2.45, 2.75) is 17.9 Å². The summed E-state index contributed by atoms with van der Waals surface area (Å²) in [6.07, 6.45) is 0.563. The summed E-state index contributed by atoms with van der Waals surface area (Å²) in [6.45, 7) is 2.49. The van der Waals surface area contributed by atoms with Gasteiger partial charge in [0.15, 0.2) is 11.5 Å². The van der Waals surface area contributed by atoms with Crippen LogP contribution in [0.15, 0.2) is 53.4 Å². The minimum atomic E-state index is -3.81. The first kappa shape index (κ1) is 30.3. The molecule has 0 N–H and O–H groups in total. The fourth-order valence-electron chi connectivity index (χ4n) is 5.55. The normalized spacial score (nSPS) is 15.5. The molecule has 1 saturated heterocycles. The molecule has 3 aromatic carbocycles. The number of ether oxygens (including phenoxy) is 5. The van der Waals surface area contributed by atoms with Crippen LogP contribution in [0.2, 0.25) is 0 Å². The molecule has 0 radical (unpaired) electrons. The monoisotopic (exact) mass is 611 g/mol. The summed E-state index contributed by atoms with van der Waals surface area (Å²) in [5, 5.41) is 0. The second-order valence-corrected chi connectivity index (χ2v) is 12.2. The number of rotatable bonds is 9. The summed E-state index contributed by atoms with van der Waals surface area (Å²) in [5.41, 5.74) is 3.08. The Morgan fingerprint density at radius 3 is 1.86 bits per heavy atom. The highest BCUT2D eigenvalue weighted by atomic mass is 32.2. The zero-order chi connectivity index (χ0) is 30.7. The molecular weight excluding hydrogens is 574 g/mol. The number of hydrogen-bond donors (Lipinski definition) is 0. The van der Waals surface area contributed by atoms with Crippen LogP contribution >= 0.6 is 0 Å². The third kappa shape index (κ3) is 6.02. The first-order valence-electron chi connectivity index (χ1n) is 13.9. The second kappa shape index (κ2) is 12.6. The number of nitrogens with zero attached hydrogens (tertiary/aromatic N) is 3. The van der Waals surface area contributed by atoms with Crippen LogP contribution in [-0.2, 0) is 23.0 Å². The first-order chi connectivity index (χ1) is 20.7. The third-order valence-electron chi connectivity index (χ3n) is 7.98.